The van der Waals surface area contributed by atoms with Crippen LogP contribution in [-0.2, 0) is 0 Å². The largest absolute Gasteiger partial charge is 0.389 e. The lowest BCUT2D eigenvalue weighted by Gasteiger charge is -2.01. The molecule has 70 valence electrons. The number of aliphatic hydroxyl groups is 1. The monoisotopic (exact) mass is 177 g/mol. The molecular formula is C11H15NO. The summed E-state index contributed by atoms with van der Waals surface area (Å²) in [7, 11) is 0. The van der Waals surface area contributed by atoms with Gasteiger partial charge in [0.2, 0.25) is 0 Å². The highest BCUT2D eigenvalue weighted by atomic mass is 16.3. The van der Waals surface area contributed by atoms with Crippen molar-refractivity contribution in [2.45, 2.75) is 12.5 Å². The SMILES string of the molecule is NCCC(O)C=Cc1ccccc1. The van der Waals surface area contributed by atoms with Gasteiger partial charge in [0.05, 0.1) is 6.10 Å². The van der Waals surface area contributed by atoms with Gasteiger partial charge in [-0.15, -0.1) is 0 Å². The van der Waals surface area contributed by atoms with E-state index in [0.717, 1.165) is 5.56 Å². The molecule has 1 atom stereocenters. The van der Waals surface area contributed by atoms with Crippen molar-refractivity contribution < 1.29 is 5.11 Å². The summed E-state index contributed by atoms with van der Waals surface area (Å²) in [6, 6.07) is 9.88. The lowest BCUT2D eigenvalue weighted by Crippen LogP contribution is -2.10. The van der Waals surface area contributed by atoms with Crippen LogP contribution in [0.1, 0.15) is 12.0 Å². The molecular weight excluding hydrogens is 162 g/mol. The molecule has 1 aromatic carbocycles. The first-order valence-electron chi connectivity index (χ1n) is 4.44. The van der Waals surface area contributed by atoms with E-state index in [9.17, 15) is 5.11 Å². The van der Waals surface area contributed by atoms with Crippen molar-refractivity contribution in [3.05, 3.63) is 42.0 Å². The van der Waals surface area contributed by atoms with E-state index in [4.69, 9.17) is 5.73 Å². The fourth-order valence-corrected chi connectivity index (χ4v) is 1.05. The normalized spacial score (nSPS) is 13.4. The minimum atomic E-state index is -0.426. The summed E-state index contributed by atoms with van der Waals surface area (Å²) in [5, 5.41) is 9.34. The molecule has 3 N–H and O–H groups in total. The highest BCUT2D eigenvalue weighted by Gasteiger charge is 1.94. The lowest BCUT2D eigenvalue weighted by atomic mass is 10.1. The Balaban J connectivity index is 2.49. The molecule has 0 saturated heterocycles. The predicted octanol–water partition coefficient (Wildman–Crippen LogP) is 1.41. The Hall–Kier alpha value is -1.12. The van der Waals surface area contributed by atoms with Crippen LogP contribution in [0.3, 0.4) is 0 Å². The third-order valence-electron chi connectivity index (χ3n) is 1.77. The van der Waals surface area contributed by atoms with Crippen molar-refractivity contribution in [3.63, 3.8) is 0 Å². The Morgan fingerprint density at radius 2 is 2.00 bits per heavy atom. The molecule has 2 nitrogen and oxygen atoms in total. The Bertz CT molecular complexity index is 256. The third kappa shape index (κ3) is 3.87. The summed E-state index contributed by atoms with van der Waals surface area (Å²) in [5.74, 6) is 0. The van der Waals surface area contributed by atoms with E-state index in [1.165, 1.54) is 0 Å². The molecule has 1 aromatic rings. The molecule has 0 aromatic heterocycles. The Kier molecular flexibility index (Phi) is 4.23. The molecule has 0 fully saturated rings. The summed E-state index contributed by atoms with van der Waals surface area (Å²) in [4.78, 5) is 0. The molecule has 0 saturated carbocycles. The molecule has 0 radical (unpaired) electrons. The minimum Gasteiger partial charge on any atom is -0.389 e. The Labute approximate surface area is 78.7 Å². The van der Waals surface area contributed by atoms with Crippen LogP contribution in [-0.4, -0.2) is 17.8 Å². The van der Waals surface area contributed by atoms with Crippen molar-refractivity contribution in [3.8, 4) is 0 Å². The third-order valence-corrected chi connectivity index (χ3v) is 1.77. The van der Waals surface area contributed by atoms with Gasteiger partial charge in [0.25, 0.3) is 0 Å². The zero-order valence-electron chi connectivity index (χ0n) is 7.56. The number of aliphatic hydroxyl groups excluding tert-OH is 1. The number of nitrogens with two attached hydrogens (primary N) is 1. The first kappa shape index (κ1) is 9.96. The second-order valence-electron chi connectivity index (χ2n) is 2.91. The molecule has 0 amide bonds. The van der Waals surface area contributed by atoms with Gasteiger partial charge in [-0.05, 0) is 18.5 Å². The molecule has 13 heavy (non-hydrogen) atoms. The van der Waals surface area contributed by atoms with Crippen LogP contribution >= 0.6 is 0 Å². The summed E-state index contributed by atoms with van der Waals surface area (Å²) in [6.07, 6.45) is 3.86. The lowest BCUT2D eigenvalue weighted by molar-refractivity contribution is 0.216. The average molecular weight is 177 g/mol. The minimum absolute atomic E-state index is 0.426. The summed E-state index contributed by atoms with van der Waals surface area (Å²) in [6.45, 7) is 0.514. The molecule has 0 spiro atoms. The smallest absolute Gasteiger partial charge is 0.0736 e. The van der Waals surface area contributed by atoms with E-state index in [1.807, 2.05) is 36.4 Å². The maximum Gasteiger partial charge on any atom is 0.0736 e. The van der Waals surface area contributed by atoms with Crippen LogP contribution < -0.4 is 5.73 Å². The van der Waals surface area contributed by atoms with Gasteiger partial charge in [0.1, 0.15) is 0 Å². The Morgan fingerprint density at radius 3 is 2.62 bits per heavy atom. The standard InChI is InChI=1S/C11H15NO/c12-9-8-11(13)7-6-10-4-2-1-3-5-10/h1-7,11,13H,8-9,12H2. The van der Waals surface area contributed by atoms with Crippen molar-refractivity contribution >= 4 is 6.08 Å². The zero-order chi connectivity index (χ0) is 9.52. The van der Waals surface area contributed by atoms with Crippen LogP contribution in [0.15, 0.2) is 36.4 Å². The average Bonchev–Trinajstić information content (AvgIpc) is 2.17. The molecule has 2 heteroatoms. The van der Waals surface area contributed by atoms with Crippen LogP contribution in [0.4, 0.5) is 0 Å². The fraction of sp³-hybridized carbons (Fsp3) is 0.273. The number of hydrogen-bond donors (Lipinski definition) is 2. The van der Waals surface area contributed by atoms with Gasteiger partial charge < -0.3 is 10.8 Å². The van der Waals surface area contributed by atoms with E-state index >= 15 is 0 Å². The van der Waals surface area contributed by atoms with Gasteiger partial charge in [-0.25, -0.2) is 0 Å². The van der Waals surface area contributed by atoms with E-state index in [0.29, 0.717) is 13.0 Å². The van der Waals surface area contributed by atoms with Gasteiger partial charge >= 0.3 is 0 Å². The number of hydrogen-bond acceptors (Lipinski definition) is 2. The van der Waals surface area contributed by atoms with Crippen molar-refractivity contribution in [2.24, 2.45) is 5.73 Å². The van der Waals surface area contributed by atoms with Crippen LogP contribution in [0.5, 0.6) is 0 Å². The highest BCUT2D eigenvalue weighted by molar-refractivity contribution is 5.49. The van der Waals surface area contributed by atoms with Crippen molar-refractivity contribution in [1.29, 1.82) is 0 Å². The second-order valence-corrected chi connectivity index (χ2v) is 2.91. The first-order valence-corrected chi connectivity index (χ1v) is 4.44. The van der Waals surface area contributed by atoms with Crippen LogP contribution in [0.25, 0.3) is 6.08 Å². The second kappa shape index (κ2) is 5.51. The summed E-state index contributed by atoms with van der Waals surface area (Å²) < 4.78 is 0. The van der Waals surface area contributed by atoms with Gasteiger partial charge in [-0.3, -0.25) is 0 Å². The molecule has 0 heterocycles. The van der Waals surface area contributed by atoms with Gasteiger partial charge in [-0.1, -0.05) is 42.5 Å². The van der Waals surface area contributed by atoms with Crippen LogP contribution in [0, 0.1) is 0 Å². The van der Waals surface area contributed by atoms with E-state index in [-0.39, 0.29) is 0 Å². The fourth-order valence-electron chi connectivity index (χ4n) is 1.05. The highest BCUT2D eigenvalue weighted by Crippen LogP contribution is 2.02. The number of rotatable bonds is 4. The van der Waals surface area contributed by atoms with Gasteiger partial charge in [0, 0.05) is 0 Å². The Morgan fingerprint density at radius 1 is 1.31 bits per heavy atom. The molecule has 0 bridgehead atoms. The zero-order valence-corrected chi connectivity index (χ0v) is 7.56. The summed E-state index contributed by atoms with van der Waals surface area (Å²) in [5.41, 5.74) is 6.40. The van der Waals surface area contributed by atoms with Gasteiger partial charge in [0.15, 0.2) is 0 Å². The molecule has 0 aliphatic rings. The quantitative estimate of drug-likeness (QED) is 0.730. The van der Waals surface area contributed by atoms with E-state index in [1.54, 1.807) is 6.08 Å². The molecule has 0 aliphatic heterocycles. The number of benzene rings is 1. The van der Waals surface area contributed by atoms with Crippen LogP contribution in [0.2, 0.25) is 0 Å². The first-order chi connectivity index (χ1) is 6.33. The molecule has 0 aliphatic carbocycles. The molecule has 1 rings (SSSR count). The molecule has 1 unspecified atom stereocenters. The van der Waals surface area contributed by atoms with Gasteiger partial charge in [-0.2, -0.15) is 0 Å². The van der Waals surface area contributed by atoms with Crippen molar-refractivity contribution in [2.75, 3.05) is 6.54 Å². The van der Waals surface area contributed by atoms with E-state index in [2.05, 4.69) is 0 Å². The summed E-state index contributed by atoms with van der Waals surface area (Å²) >= 11 is 0. The topological polar surface area (TPSA) is 46.2 Å². The predicted molar refractivity (Wildman–Crippen MR) is 55.2 cm³/mol. The van der Waals surface area contributed by atoms with E-state index < -0.39 is 6.10 Å². The maximum atomic E-state index is 9.34. The van der Waals surface area contributed by atoms with Crippen molar-refractivity contribution in [1.82, 2.24) is 0 Å². The maximum absolute atomic E-state index is 9.34.